The van der Waals surface area contributed by atoms with E-state index in [1.807, 2.05) is 6.92 Å². The van der Waals surface area contributed by atoms with Crippen LogP contribution in [0.1, 0.15) is 13.3 Å². The summed E-state index contributed by atoms with van der Waals surface area (Å²) in [6, 6.07) is 13.0. The number of sulfonamides is 1. The number of hydrogen-bond acceptors (Lipinski definition) is 5. The lowest BCUT2D eigenvalue weighted by atomic mass is 10.2. The van der Waals surface area contributed by atoms with Crippen LogP contribution in [0.2, 0.25) is 0 Å². The highest BCUT2D eigenvalue weighted by atomic mass is 32.2. The van der Waals surface area contributed by atoms with Crippen molar-refractivity contribution < 1.29 is 17.5 Å². The SMILES string of the molecule is CCOc1ccc(S(=O)(=O)NCCCN2CCN(c3ccc(F)cc3)CC2)cc1. The molecule has 1 fully saturated rings. The van der Waals surface area contributed by atoms with Gasteiger partial charge in [-0.1, -0.05) is 0 Å². The van der Waals surface area contributed by atoms with E-state index in [0.29, 0.717) is 18.9 Å². The van der Waals surface area contributed by atoms with Gasteiger partial charge in [0.25, 0.3) is 0 Å². The maximum atomic E-state index is 13.0. The Labute approximate surface area is 172 Å². The molecule has 0 atom stereocenters. The number of rotatable bonds is 9. The predicted molar refractivity (Wildman–Crippen MR) is 112 cm³/mol. The molecule has 0 amide bonds. The molecule has 2 aromatic rings. The van der Waals surface area contributed by atoms with E-state index in [9.17, 15) is 12.8 Å². The minimum absolute atomic E-state index is 0.222. The van der Waals surface area contributed by atoms with E-state index in [-0.39, 0.29) is 10.7 Å². The summed E-state index contributed by atoms with van der Waals surface area (Å²) in [6.07, 6.45) is 0.743. The molecule has 0 bridgehead atoms. The molecule has 1 aliphatic rings. The molecule has 0 aromatic heterocycles. The van der Waals surface area contributed by atoms with Gasteiger partial charge in [0.05, 0.1) is 11.5 Å². The zero-order valence-corrected chi connectivity index (χ0v) is 17.5. The average Bonchev–Trinajstić information content (AvgIpc) is 2.73. The van der Waals surface area contributed by atoms with Crippen LogP contribution in [-0.2, 0) is 10.0 Å². The quantitative estimate of drug-likeness (QED) is 0.631. The monoisotopic (exact) mass is 421 g/mol. The fourth-order valence-electron chi connectivity index (χ4n) is 3.36. The summed E-state index contributed by atoms with van der Waals surface area (Å²) in [7, 11) is -3.51. The van der Waals surface area contributed by atoms with Crippen LogP contribution in [0.5, 0.6) is 5.75 Å². The summed E-state index contributed by atoms with van der Waals surface area (Å²) in [5.74, 6) is 0.436. The number of halogens is 1. The molecule has 2 aromatic carbocycles. The average molecular weight is 422 g/mol. The van der Waals surface area contributed by atoms with Gasteiger partial charge in [-0.15, -0.1) is 0 Å². The van der Waals surface area contributed by atoms with Gasteiger partial charge in [0, 0.05) is 38.4 Å². The molecule has 158 valence electrons. The summed E-state index contributed by atoms with van der Waals surface area (Å²) in [6.45, 7) is 7.23. The number of ether oxygens (including phenoxy) is 1. The first kappa shape index (κ1) is 21.5. The minimum Gasteiger partial charge on any atom is -0.494 e. The van der Waals surface area contributed by atoms with Crippen LogP contribution in [0.4, 0.5) is 10.1 Å². The number of piperazine rings is 1. The summed E-state index contributed by atoms with van der Waals surface area (Å²) < 4.78 is 45.8. The second-order valence-corrected chi connectivity index (χ2v) is 8.73. The molecule has 1 heterocycles. The normalized spacial score (nSPS) is 15.4. The Hall–Kier alpha value is -2.16. The van der Waals surface area contributed by atoms with Gasteiger partial charge < -0.3 is 9.64 Å². The Morgan fingerprint density at radius 2 is 1.66 bits per heavy atom. The second kappa shape index (κ2) is 10.0. The topological polar surface area (TPSA) is 61.9 Å². The molecule has 0 unspecified atom stereocenters. The molecule has 0 saturated carbocycles. The zero-order valence-electron chi connectivity index (χ0n) is 16.7. The van der Waals surface area contributed by atoms with Crippen LogP contribution in [-0.4, -0.2) is 59.2 Å². The Morgan fingerprint density at radius 3 is 2.28 bits per heavy atom. The number of hydrogen-bond donors (Lipinski definition) is 1. The molecule has 3 rings (SSSR count). The molecule has 8 heteroatoms. The Kier molecular flexibility index (Phi) is 7.46. The van der Waals surface area contributed by atoms with Crippen LogP contribution in [0.25, 0.3) is 0 Å². The third-order valence-electron chi connectivity index (χ3n) is 4.95. The third kappa shape index (κ3) is 6.16. The first-order valence-electron chi connectivity index (χ1n) is 9.93. The van der Waals surface area contributed by atoms with Gasteiger partial charge in [-0.05, 0) is 68.4 Å². The van der Waals surface area contributed by atoms with Crippen LogP contribution in [0.3, 0.4) is 0 Å². The van der Waals surface area contributed by atoms with Gasteiger partial charge in [-0.2, -0.15) is 0 Å². The van der Waals surface area contributed by atoms with E-state index in [1.165, 1.54) is 12.1 Å². The van der Waals surface area contributed by atoms with Crippen LogP contribution in [0.15, 0.2) is 53.4 Å². The van der Waals surface area contributed by atoms with Gasteiger partial charge in [-0.3, -0.25) is 4.90 Å². The maximum Gasteiger partial charge on any atom is 0.240 e. The number of benzene rings is 2. The fourth-order valence-corrected chi connectivity index (χ4v) is 4.43. The van der Waals surface area contributed by atoms with Gasteiger partial charge in [-0.25, -0.2) is 17.5 Å². The van der Waals surface area contributed by atoms with Gasteiger partial charge in [0.2, 0.25) is 10.0 Å². The van der Waals surface area contributed by atoms with Crippen molar-refractivity contribution in [3.63, 3.8) is 0 Å². The Morgan fingerprint density at radius 1 is 1.00 bits per heavy atom. The van der Waals surface area contributed by atoms with E-state index in [0.717, 1.165) is 44.8 Å². The first-order chi connectivity index (χ1) is 14.0. The number of anilines is 1. The van der Waals surface area contributed by atoms with Crippen molar-refractivity contribution in [1.29, 1.82) is 0 Å². The molecule has 6 nitrogen and oxygen atoms in total. The molecular formula is C21H28FN3O3S. The van der Waals surface area contributed by atoms with Crippen LogP contribution < -0.4 is 14.4 Å². The highest BCUT2D eigenvalue weighted by Crippen LogP contribution is 2.17. The van der Waals surface area contributed by atoms with Crippen molar-refractivity contribution in [3.05, 3.63) is 54.3 Å². The highest BCUT2D eigenvalue weighted by molar-refractivity contribution is 7.89. The lowest BCUT2D eigenvalue weighted by Gasteiger charge is -2.36. The van der Waals surface area contributed by atoms with Gasteiger partial charge in [0.15, 0.2) is 0 Å². The fraction of sp³-hybridized carbons (Fsp3) is 0.429. The summed E-state index contributed by atoms with van der Waals surface area (Å²) >= 11 is 0. The van der Waals surface area contributed by atoms with Crippen molar-refractivity contribution in [2.75, 3.05) is 50.8 Å². The summed E-state index contributed by atoms with van der Waals surface area (Å²) in [5.41, 5.74) is 1.04. The van der Waals surface area contributed by atoms with Crippen LogP contribution >= 0.6 is 0 Å². The summed E-state index contributed by atoms with van der Waals surface area (Å²) in [5, 5.41) is 0. The lowest BCUT2D eigenvalue weighted by molar-refractivity contribution is 0.255. The van der Waals surface area contributed by atoms with Crippen LogP contribution in [0, 0.1) is 5.82 Å². The minimum atomic E-state index is -3.51. The predicted octanol–water partition coefficient (Wildman–Crippen LogP) is 2.72. The molecular weight excluding hydrogens is 393 g/mol. The zero-order chi connectivity index (χ0) is 20.7. The lowest BCUT2D eigenvalue weighted by Crippen LogP contribution is -2.47. The standard InChI is InChI=1S/C21H28FN3O3S/c1-2-28-20-8-10-21(11-9-20)29(26,27)23-12-3-13-24-14-16-25(17-15-24)19-6-4-18(22)5-7-19/h4-11,23H,2-3,12-17H2,1H3. The molecule has 1 N–H and O–H groups in total. The molecule has 0 spiro atoms. The van der Waals surface area contributed by atoms with E-state index >= 15 is 0 Å². The third-order valence-corrected chi connectivity index (χ3v) is 6.43. The van der Waals surface area contributed by atoms with Gasteiger partial charge in [0.1, 0.15) is 11.6 Å². The van der Waals surface area contributed by atoms with Crippen molar-refractivity contribution in [2.24, 2.45) is 0 Å². The number of nitrogens with zero attached hydrogens (tertiary/aromatic N) is 2. The second-order valence-electron chi connectivity index (χ2n) is 6.96. The largest absolute Gasteiger partial charge is 0.494 e. The first-order valence-corrected chi connectivity index (χ1v) is 11.4. The van der Waals surface area contributed by atoms with E-state index < -0.39 is 10.0 Å². The Bertz CT molecular complexity index is 865. The molecule has 0 radical (unpaired) electrons. The van der Waals surface area contributed by atoms with Crippen molar-refractivity contribution in [2.45, 2.75) is 18.2 Å². The summed E-state index contributed by atoms with van der Waals surface area (Å²) in [4.78, 5) is 4.81. The molecule has 1 saturated heterocycles. The van der Waals surface area contributed by atoms with E-state index in [2.05, 4.69) is 14.5 Å². The molecule has 1 aliphatic heterocycles. The van der Waals surface area contributed by atoms with E-state index in [1.54, 1.807) is 36.4 Å². The number of nitrogens with one attached hydrogen (secondary N) is 1. The Balaban J connectivity index is 1.38. The molecule has 29 heavy (non-hydrogen) atoms. The van der Waals surface area contributed by atoms with Crippen molar-refractivity contribution >= 4 is 15.7 Å². The maximum absolute atomic E-state index is 13.0. The van der Waals surface area contributed by atoms with Crippen molar-refractivity contribution in [1.82, 2.24) is 9.62 Å². The molecule has 0 aliphatic carbocycles. The smallest absolute Gasteiger partial charge is 0.240 e. The van der Waals surface area contributed by atoms with Gasteiger partial charge >= 0.3 is 0 Å². The van der Waals surface area contributed by atoms with Crippen molar-refractivity contribution in [3.8, 4) is 5.75 Å². The highest BCUT2D eigenvalue weighted by Gasteiger charge is 2.18. The van der Waals surface area contributed by atoms with E-state index in [4.69, 9.17) is 4.74 Å².